The summed E-state index contributed by atoms with van der Waals surface area (Å²) in [5.74, 6) is -0.358. The number of hydrogen-bond donors (Lipinski definition) is 3. The second kappa shape index (κ2) is 7.52. The van der Waals surface area contributed by atoms with Crippen molar-refractivity contribution < 1.29 is 15.3 Å². The lowest BCUT2D eigenvalue weighted by atomic mass is 10.2. The van der Waals surface area contributed by atoms with Crippen LogP contribution in [0.4, 0.5) is 0 Å². The topological polar surface area (TPSA) is 127 Å². The van der Waals surface area contributed by atoms with Gasteiger partial charge in [-0.1, -0.05) is 6.92 Å². The first kappa shape index (κ1) is 18.3. The van der Waals surface area contributed by atoms with Crippen LogP contribution in [-0.2, 0) is 19.6 Å². The number of nitrogens with zero attached hydrogens (tertiary/aromatic N) is 3. The Balaban J connectivity index is 3.58. The van der Waals surface area contributed by atoms with Crippen LogP contribution in [0, 0.1) is 5.92 Å². The fraction of sp³-hybridized carbons (Fsp3) is 0.769. The summed E-state index contributed by atoms with van der Waals surface area (Å²) in [7, 11) is 0. The van der Waals surface area contributed by atoms with Gasteiger partial charge in [0, 0.05) is 13.2 Å². The summed E-state index contributed by atoms with van der Waals surface area (Å²) in [6.45, 7) is 3.67. The molecule has 1 aromatic rings. The Hall–Kier alpha value is -1.71. The quantitative estimate of drug-likeness (QED) is 0.513. The van der Waals surface area contributed by atoms with E-state index in [0.29, 0.717) is 0 Å². The molecule has 0 bridgehead atoms. The van der Waals surface area contributed by atoms with Gasteiger partial charge in [0.05, 0.1) is 25.3 Å². The summed E-state index contributed by atoms with van der Waals surface area (Å²) in [5, 5.41) is 28.0. The first-order valence-electron chi connectivity index (χ1n) is 7.10. The molecule has 22 heavy (non-hydrogen) atoms. The number of rotatable bonds is 7. The molecular weight excluding hydrogens is 294 g/mol. The van der Waals surface area contributed by atoms with Crippen molar-refractivity contribution >= 4 is 0 Å². The summed E-state index contributed by atoms with van der Waals surface area (Å²) in [6, 6.07) is 0. The van der Waals surface area contributed by atoms with Crippen LogP contribution < -0.4 is 17.1 Å². The van der Waals surface area contributed by atoms with Crippen molar-refractivity contribution in [3.8, 4) is 0 Å². The van der Waals surface area contributed by atoms with Crippen molar-refractivity contribution in [1.82, 2.24) is 13.7 Å². The van der Waals surface area contributed by atoms with E-state index in [0.717, 1.165) is 13.7 Å². The van der Waals surface area contributed by atoms with Gasteiger partial charge in [-0.3, -0.25) is 0 Å². The molecule has 3 unspecified atom stereocenters. The van der Waals surface area contributed by atoms with Gasteiger partial charge in [-0.15, -0.1) is 0 Å². The Morgan fingerprint density at radius 3 is 1.36 bits per heavy atom. The molecule has 3 N–H and O–H groups in total. The zero-order valence-corrected chi connectivity index (χ0v) is 13.0. The molecule has 0 saturated carbocycles. The standard InChI is InChI=1S/C13H23N3O6/c1-8(7-17)4-14-11(20)15(5-9(2)18)13(22)16(12(14)21)6-10(3)19/h8-10,17-19H,4-7H2,1-3H3. The fourth-order valence-electron chi connectivity index (χ4n) is 2.05. The van der Waals surface area contributed by atoms with Crippen molar-refractivity contribution in [2.75, 3.05) is 6.61 Å². The van der Waals surface area contributed by atoms with Crippen LogP contribution in [0.5, 0.6) is 0 Å². The van der Waals surface area contributed by atoms with E-state index in [9.17, 15) is 24.6 Å². The monoisotopic (exact) mass is 317 g/mol. The lowest BCUT2D eigenvalue weighted by molar-refractivity contribution is 0.153. The Kier molecular flexibility index (Phi) is 6.27. The fourth-order valence-corrected chi connectivity index (χ4v) is 2.05. The molecule has 1 heterocycles. The van der Waals surface area contributed by atoms with Crippen LogP contribution in [0.25, 0.3) is 0 Å². The predicted molar refractivity (Wildman–Crippen MR) is 78.8 cm³/mol. The molecule has 1 rings (SSSR count). The van der Waals surface area contributed by atoms with Crippen molar-refractivity contribution in [1.29, 1.82) is 0 Å². The van der Waals surface area contributed by atoms with E-state index in [2.05, 4.69) is 0 Å². The van der Waals surface area contributed by atoms with Crippen LogP contribution in [0.1, 0.15) is 20.8 Å². The molecule has 0 amide bonds. The number of aromatic nitrogens is 3. The minimum Gasteiger partial charge on any atom is -0.396 e. The molecule has 0 aliphatic heterocycles. The second-order valence-electron chi connectivity index (χ2n) is 5.67. The molecule has 0 spiro atoms. The maximum atomic E-state index is 12.3. The molecule has 0 saturated heterocycles. The van der Waals surface area contributed by atoms with Crippen LogP contribution >= 0.6 is 0 Å². The van der Waals surface area contributed by atoms with Crippen molar-refractivity contribution in [3.63, 3.8) is 0 Å². The minimum absolute atomic E-state index is 0.0614. The van der Waals surface area contributed by atoms with Gasteiger partial charge in [0.15, 0.2) is 0 Å². The summed E-state index contributed by atoms with van der Waals surface area (Å²) >= 11 is 0. The van der Waals surface area contributed by atoms with Gasteiger partial charge in [0.2, 0.25) is 0 Å². The maximum Gasteiger partial charge on any atom is 0.336 e. The smallest absolute Gasteiger partial charge is 0.336 e. The van der Waals surface area contributed by atoms with Gasteiger partial charge < -0.3 is 15.3 Å². The Labute approximate surface area is 126 Å². The SMILES string of the molecule is CC(O)Cn1c(=O)n(CC(C)O)c(=O)n(CC(C)CO)c1=O. The van der Waals surface area contributed by atoms with Crippen molar-refractivity contribution in [2.24, 2.45) is 5.92 Å². The molecule has 0 aromatic carbocycles. The van der Waals surface area contributed by atoms with Gasteiger partial charge in [0.25, 0.3) is 0 Å². The van der Waals surface area contributed by atoms with Crippen molar-refractivity contribution in [2.45, 2.75) is 52.6 Å². The summed E-state index contributed by atoms with van der Waals surface area (Å²) in [5.41, 5.74) is -2.54. The van der Waals surface area contributed by atoms with Gasteiger partial charge in [-0.25, -0.2) is 28.1 Å². The largest absolute Gasteiger partial charge is 0.396 e. The number of aliphatic hydroxyl groups excluding tert-OH is 3. The molecule has 0 aliphatic carbocycles. The van der Waals surface area contributed by atoms with E-state index in [1.165, 1.54) is 13.8 Å². The zero-order chi connectivity index (χ0) is 17.0. The highest BCUT2D eigenvalue weighted by molar-refractivity contribution is 4.81. The average Bonchev–Trinajstić information content (AvgIpc) is 2.43. The second-order valence-corrected chi connectivity index (χ2v) is 5.67. The molecule has 1 aromatic heterocycles. The van der Waals surface area contributed by atoms with E-state index in [-0.39, 0.29) is 32.2 Å². The van der Waals surface area contributed by atoms with E-state index in [1.807, 2.05) is 0 Å². The van der Waals surface area contributed by atoms with Crippen LogP contribution in [0.15, 0.2) is 14.4 Å². The molecule has 0 fully saturated rings. The van der Waals surface area contributed by atoms with E-state index < -0.39 is 29.3 Å². The Bertz CT molecular complexity index is 622. The zero-order valence-electron chi connectivity index (χ0n) is 13.0. The predicted octanol–water partition coefficient (Wildman–Crippen LogP) is -2.44. The van der Waals surface area contributed by atoms with Crippen molar-refractivity contribution in [3.05, 3.63) is 31.5 Å². The van der Waals surface area contributed by atoms with Gasteiger partial charge in [0.1, 0.15) is 0 Å². The summed E-state index contributed by atoms with van der Waals surface area (Å²) in [4.78, 5) is 36.8. The Morgan fingerprint density at radius 1 is 0.773 bits per heavy atom. The molecule has 0 aliphatic rings. The molecule has 126 valence electrons. The Morgan fingerprint density at radius 2 is 1.09 bits per heavy atom. The molecule has 0 radical (unpaired) electrons. The molecular formula is C13H23N3O6. The molecule has 9 nitrogen and oxygen atoms in total. The van der Waals surface area contributed by atoms with Gasteiger partial charge in [-0.2, -0.15) is 0 Å². The third-order valence-electron chi connectivity index (χ3n) is 3.08. The number of aliphatic hydroxyl groups is 3. The van der Waals surface area contributed by atoms with E-state index in [4.69, 9.17) is 5.11 Å². The summed E-state index contributed by atoms with van der Waals surface area (Å²) in [6.07, 6.45) is -1.90. The molecule has 3 atom stereocenters. The highest BCUT2D eigenvalue weighted by atomic mass is 16.3. The van der Waals surface area contributed by atoms with Gasteiger partial charge in [-0.05, 0) is 19.8 Å². The van der Waals surface area contributed by atoms with Gasteiger partial charge >= 0.3 is 17.1 Å². The molecule has 9 heteroatoms. The summed E-state index contributed by atoms with van der Waals surface area (Å²) < 4.78 is 2.37. The number of hydrogen-bond acceptors (Lipinski definition) is 6. The van der Waals surface area contributed by atoms with Crippen LogP contribution in [0.2, 0.25) is 0 Å². The highest BCUT2D eigenvalue weighted by Gasteiger charge is 2.18. The average molecular weight is 317 g/mol. The van der Waals surface area contributed by atoms with E-state index >= 15 is 0 Å². The normalized spacial score (nSPS) is 15.5. The first-order valence-corrected chi connectivity index (χ1v) is 7.10. The third kappa shape index (κ3) is 4.15. The van der Waals surface area contributed by atoms with Crippen LogP contribution in [0.3, 0.4) is 0 Å². The minimum atomic E-state index is -0.952. The first-order chi connectivity index (χ1) is 10.2. The van der Waals surface area contributed by atoms with E-state index in [1.54, 1.807) is 6.92 Å². The highest BCUT2D eigenvalue weighted by Crippen LogP contribution is 1.94. The van der Waals surface area contributed by atoms with Crippen LogP contribution in [-0.4, -0.2) is 47.8 Å². The maximum absolute atomic E-state index is 12.3. The lowest BCUT2D eigenvalue weighted by Crippen LogP contribution is -2.56. The lowest BCUT2D eigenvalue weighted by Gasteiger charge is -2.17. The third-order valence-corrected chi connectivity index (χ3v) is 3.08.